The lowest BCUT2D eigenvalue weighted by molar-refractivity contribution is -0.133. The van der Waals surface area contributed by atoms with E-state index in [0.717, 1.165) is 4.57 Å². The lowest BCUT2D eigenvalue weighted by Crippen LogP contribution is -2.39. The minimum Gasteiger partial charge on any atom is -0.312 e. The van der Waals surface area contributed by atoms with Gasteiger partial charge in [-0.3, -0.25) is 9.36 Å². The Hall–Kier alpha value is -1.57. The summed E-state index contributed by atoms with van der Waals surface area (Å²) in [5.74, 6) is 0. The fourth-order valence-corrected chi connectivity index (χ4v) is 1.46. The summed E-state index contributed by atoms with van der Waals surface area (Å²) < 4.78 is 37.8. The number of alkyl halides is 3. The van der Waals surface area contributed by atoms with Crippen LogP contribution >= 0.6 is 0 Å². The van der Waals surface area contributed by atoms with E-state index >= 15 is 0 Å². The Kier molecular flexibility index (Phi) is 4.33. The van der Waals surface area contributed by atoms with Crippen LogP contribution in [0.3, 0.4) is 0 Å². The molecule has 0 bridgehead atoms. The van der Waals surface area contributed by atoms with Crippen LogP contribution in [-0.2, 0) is 20.6 Å². The first-order chi connectivity index (χ1) is 8.22. The molecular formula is C10H14F3N3O2. The van der Waals surface area contributed by atoms with E-state index in [1.165, 1.54) is 24.9 Å². The number of hydrogen-bond donors (Lipinski definition) is 1. The van der Waals surface area contributed by atoms with E-state index < -0.39 is 23.8 Å². The van der Waals surface area contributed by atoms with E-state index in [4.69, 9.17) is 0 Å². The van der Waals surface area contributed by atoms with Gasteiger partial charge < -0.3 is 9.88 Å². The predicted molar refractivity (Wildman–Crippen MR) is 59.3 cm³/mol. The lowest BCUT2D eigenvalue weighted by Gasteiger charge is -2.09. The van der Waals surface area contributed by atoms with Crippen LogP contribution in [0.15, 0.2) is 15.8 Å². The second-order valence-electron chi connectivity index (χ2n) is 3.95. The Bertz CT molecular complexity index is 531. The molecule has 102 valence electrons. The van der Waals surface area contributed by atoms with Gasteiger partial charge in [-0.25, -0.2) is 4.79 Å². The zero-order valence-corrected chi connectivity index (χ0v) is 10.0. The molecule has 0 aliphatic rings. The summed E-state index contributed by atoms with van der Waals surface area (Å²) in [7, 11) is 2.80. The topological polar surface area (TPSA) is 56.0 Å². The molecule has 1 rings (SSSR count). The zero-order valence-electron chi connectivity index (χ0n) is 10.0. The van der Waals surface area contributed by atoms with Gasteiger partial charge in [-0.05, 0) is 0 Å². The van der Waals surface area contributed by atoms with Crippen LogP contribution in [0.1, 0.15) is 12.0 Å². The van der Waals surface area contributed by atoms with Crippen molar-refractivity contribution in [3.63, 3.8) is 0 Å². The molecule has 0 amide bonds. The fourth-order valence-electron chi connectivity index (χ4n) is 1.46. The zero-order chi connectivity index (χ0) is 13.9. The van der Waals surface area contributed by atoms with E-state index in [1.54, 1.807) is 0 Å². The van der Waals surface area contributed by atoms with Crippen molar-refractivity contribution in [1.82, 2.24) is 14.5 Å². The average molecular weight is 265 g/mol. The van der Waals surface area contributed by atoms with Crippen molar-refractivity contribution in [3.05, 3.63) is 32.6 Å². The number of halogens is 3. The van der Waals surface area contributed by atoms with Crippen molar-refractivity contribution in [3.8, 4) is 0 Å². The minimum atomic E-state index is -4.22. The number of rotatable bonds is 4. The van der Waals surface area contributed by atoms with Gasteiger partial charge in [0.1, 0.15) is 0 Å². The Morgan fingerprint density at radius 3 is 2.44 bits per heavy atom. The molecule has 1 N–H and O–H groups in total. The molecule has 0 aromatic carbocycles. The van der Waals surface area contributed by atoms with Gasteiger partial charge in [-0.1, -0.05) is 0 Å². The second kappa shape index (κ2) is 5.38. The molecule has 0 aliphatic carbocycles. The highest BCUT2D eigenvalue weighted by molar-refractivity contribution is 5.05. The Labute approximate surface area is 101 Å². The average Bonchev–Trinajstić information content (AvgIpc) is 2.26. The van der Waals surface area contributed by atoms with Gasteiger partial charge in [-0.2, -0.15) is 13.2 Å². The van der Waals surface area contributed by atoms with E-state index in [-0.39, 0.29) is 18.7 Å². The van der Waals surface area contributed by atoms with Crippen molar-refractivity contribution in [1.29, 1.82) is 0 Å². The van der Waals surface area contributed by atoms with Gasteiger partial charge in [0.05, 0.1) is 6.42 Å². The van der Waals surface area contributed by atoms with Crippen molar-refractivity contribution in [2.45, 2.75) is 19.1 Å². The highest BCUT2D eigenvalue weighted by atomic mass is 19.4. The van der Waals surface area contributed by atoms with Gasteiger partial charge in [-0.15, -0.1) is 0 Å². The molecule has 0 atom stereocenters. The standard InChI is InChI=1S/C10H14F3N3O2/c1-15-6-7(8(17)16(2)9(15)18)5-14-4-3-10(11,12)13/h6,14H,3-5H2,1-2H3. The third-order valence-corrected chi connectivity index (χ3v) is 2.42. The van der Waals surface area contributed by atoms with E-state index in [1.807, 2.05) is 0 Å². The predicted octanol–water partition coefficient (Wildman–Crippen LogP) is 0.126. The van der Waals surface area contributed by atoms with Gasteiger partial charge >= 0.3 is 11.9 Å². The molecule has 0 unspecified atom stereocenters. The van der Waals surface area contributed by atoms with Crippen LogP contribution in [0.2, 0.25) is 0 Å². The molecule has 8 heteroatoms. The Morgan fingerprint density at radius 1 is 1.28 bits per heavy atom. The van der Waals surface area contributed by atoms with Gasteiger partial charge in [0.15, 0.2) is 0 Å². The van der Waals surface area contributed by atoms with Crippen molar-refractivity contribution < 1.29 is 13.2 Å². The summed E-state index contributed by atoms with van der Waals surface area (Å²) >= 11 is 0. The maximum absolute atomic E-state index is 11.9. The molecule has 0 aliphatic heterocycles. The first kappa shape index (κ1) is 14.5. The fraction of sp³-hybridized carbons (Fsp3) is 0.600. The largest absolute Gasteiger partial charge is 0.390 e. The molecule has 0 fully saturated rings. The van der Waals surface area contributed by atoms with E-state index in [9.17, 15) is 22.8 Å². The Morgan fingerprint density at radius 2 is 1.89 bits per heavy atom. The number of aromatic nitrogens is 2. The Balaban J connectivity index is 2.70. The normalized spacial score (nSPS) is 11.8. The van der Waals surface area contributed by atoms with E-state index in [2.05, 4.69) is 5.32 Å². The number of nitrogens with zero attached hydrogens (tertiary/aromatic N) is 2. The summed E-state index contributed by atoms with van der Waals surface area (Å²) in [5, 5.41) is 2.52. The third-order valence-electron chi connectivity index (χ3n) is 2.42. The van der Waals surface area contributed by atoms with Crippen LogP contribution < -0.4 is 16.6 Å². The summed E-state index contributed by atoms with van der Waals surface area (Å²) in [6.07, 6.45) is -3.86. The summed E-state index contributed by atoms with van der Waals surface area (Å²) in [6, 6.07) is 0. The molecule has 1 aromatic heterocycles. The summed E-state index contributed by atoms with van der Waals surface area (Å²) in [6.45, 7) is -0.271. The molecule has 1 aromatic rings. The van der Waals surface area contributed by atoms with E-state index in [0.29, 0.717) is 0 Å². The van der Waals surface area contributed by atoms with Crippen LogP contribution in [0.4, 0.5) is 13.2 Å². The molecule has 5 nitrogen and oxygen atoms in total. The SMILES string of the molecule is Cn1cc(CNCCC(F)(F)F)c(=O)n(C)c1=O. The first-order valence-electron chi connectivity index (χ1n) is 5.25. The van der Waals surface area contributed by atoms with Gasteiger partial charge in [0, 0.05) is 38.9 Å². The van der Waals surface area contributed by atoms with Crippen molar-refractivity contribution >= 4 is 0 Å². The molecule has 0 spiro atoms. The molecule has 0 saturated heterocycles. The molecule has 0 radical (unpaired) electrons. The minimum absolute atomic E-state index is 0.00310. The van der Waals surface area contributed by atoms with Crippen LogP contribution in [-0.4, -0.2) is 21.9 Å². The molecule has 1 heterocycles. The van der Waals surface area contributed by atoms with Crippen molar-refractivity contribution in [2.24, 2.45) is 14.1 Å². The number of aryl methyl sites for hydroxylation is 1. The molecular weight excluding hydrogens is 251 g/mol. The highest BCUT2D eigenvalue weighted by Gasteiger charge is 2.25. The first-order valence-corrected chi connectivity index (χ1v) is 5.25. The number of nitrogens with one attached hydrogen (secondary N) is 1. The van der Waals surface area contributed by atoms with Gasteiger partial charge in [0.2, 0.25) is 0 Å². The van der Waals surface area contributed by atoms with Crippen LogP contribution in [0.5, 0.6) is 0 Å². The van der Waals surface area contributed by atoms with Crippen LogP contribution in [0, 0.1) is 0 Å². The smallest absolute Gasteiger partial charge is 0.312 e. The second-order valence-corrected chi connectivity index (χ2v) is 3.95. The monoisotopic (exact) mass is 265 g/mol. The summed E-state index contributed by atoms with van der Waals surface area (Å²) in [4.78, 5) is 23.0. The molecule has 0 saturated carbocycles. The summed E-state index contributed by atoms with van der Waals surface area (Å²) in [5.41, 5.74) is -0.724. The maximum atomic E-state index is 11.9. The highest BCUT2D eigenvalue weighted by Crippen LogP contribution is 2.18. The lowest BCUT2D eigenvalue weighted by atomic mass is 10.3. The quantitative estimate of drug-likeness (QED) is 0.787. The number of hydrogen-bond acceptors (Lipinski definition) is 3. The van der Waals surface area contributed by atoms with Gasteiger partial charge in [0.25, 0.3) is 5.56 Å². The van der Waals surface area contributed by atoms with Crippen molar-refractivity contribution in [2.75, 3.05) is 6.54 Å². The third kappa shape index (κ3) is 3.73. The molecule has 18 heavy (non-hydrogen) atoms. The van der Waals surface area contributed by atoms with Crippen LogP contribution in [0.25, 0.3) is 0 Å². The maximum Gasteiger partial charge on any atom is 0.390 e.